The first-order valence-corrected chi connectivity index (χ1v) is 13.8. The van der Waals surface area contributed by atoms with Crippen LogP contribution in [0.4, 0.5) is 5.69 Å². The van der Waals surface area contributed by atoms with E-state index in [0.717, 1.165) is 16.0 Å². The molecule has 0 aliphatic carbocycles. The summed E-state index contributed by atoms with van der Waals surface area (Å²) in [4.78, 5) is 26.7. The topological polar surface area (TPSA) is 92.8 Å². The molecule has 0 saturated carbocycles. The molecule has 1 amide bonds. The van der Waals surface area contributed by atoms with Crippen LogP contribution in [0.5, 0.6) is 0 Å². The van der Waals surface area contributed by atoms with Gasteiger partial charge in [0.2, 0.25) is 10.0 Å². The number of ether oxygens (including phenoxy) is 1. The first-order valence-electron chi connectivity index (χ1n) is 11.6. The number of anilines is 1. The Labute approximate surface area is 220 Å². The van der Waals surface area contributed by atoms with E-state index in [1.54, 1.807) is 13.0 Å². The molecule has 0 saturated heterocycles. The third-order valence-corrected chi connectivity index (χ3v) is 8.55. The number of nitrogens with zero attached hydrogens (tertiary/aromatic N) is 1. The second-order valence-electron chi connectivity index (χ2n) is 8.17. The fraction of sp³-hybridized carbons (Fsp3) is 0.143. The molecule has 1 N–H and O–H groups in total. The van der Waals surface area contributed by atoms with Crippen molar-refractivity contribution in [1.82, 2.24) is 4.31 Å². The summed E-state index contributed by atoms with van der Waals surface area (Å²) in [6.07, 6.45) is 0. The summed E-state index contributed by atoms with van der Waals surface area (Å²) in [7, 11) is -2.23. The van der Waals surface area contributed by atoms with Gasteiger partial charge in [0.1, 0.15) is 4.88 Å². The summed E-state index contributed by atoms with van der Waals surface area (Å²) in [6, 6.07) is 26.3. The zero-order valence-corrected chi connectivity index (χ0v) is 22.0. The lowest BCUT2D eigenvalue weighted by atomic mass is 10.2. The maximum atomic E-state index is 13.0. The summed E-state index contributed by atoms with van der Waals surface area (Å²) in [5.41, 5.74) is 2.37. The van der Waals surface area contributed by atoms with E-state index in [9.17, 15) is 18.0 Å². The molecule has 190 valence electrons. The fourth-order valence-electron chi connectivity index (χ4n) is 3.66. The molecule has 0 aliphatic rings. The Balaban J connectivity index is 1.53. The summed E-state index contributed by atoms with van der Waals surface area (Å²) in [6.45, 7) is 2.15. The molecule has 9 heteroatoms. The van der Waals surface area contributed by atoms with E-state index in [0.29, 0.717) is 5.69 Å². The molecule has 1 heterocycles. The van der Waals surface area contributed by atoms with Gasteiger partial charge in [-0.15, -0.1) is 11.3 Å². The molecule has 4 aromatic rings. The van der Waals surface area contributed by atoms with Crippen LogP contribution in [0.25, 0.3) is 10.4 Å². The van der Waals surface area contributed by atoms with Gasteiger partial charge in [-0.25, -0.2) is 13.2 Å². The van der Waals surface area contributed by atoms with Gasteiger partial charge in [-0.2, -0.15) is 4.31 Å². The largest absolute Gasteiger partial charge is 0.462 e. The van der Waals surface area contributed by atoms with Crippen LogP contribution in [0, 0.1) is 0 Å². The Kier molecular flexibility index (Phi) is 8.17. The minimum absolute atomic E-state index is 0.0802. The monoisotopic (exact) mass is 534 g/mol. The van der Waals surface area contributed by atoms with Crippen molar-refractivity contribution in [3.63, 3.8) is 0 Å². The van der Waals surface area contributed by atoms with E-state index < -0.39 is 21.9 Å². The van der Waals surface area contributed by atoms with Gasteiger partial charge >= 0.3 is 5.97 Å². The van der Waals surface area contributed by atoms with Gasteiger partial charge in [-0.3, -0.25) is 4.79 Å². The Morgan fingerprint density at radius 1 is 0.919 bits per heavy atom. The molecule has 1 aromatic heterocycles. The lowest BCUT2D eigenvalue weighted by Crippen LogP contribution is -2.26. The third-order valence-electron chi connectivity index (χ3n) is 5.57. The Hall–Kier alpha value is -3.79. The molecule has 0 aliphatic heterocycles. The molecule has 0 bridgehead atoms. The SMILES string of the molecule is CCOC(=O)c1sc(-c2ccccc2)cc1NC(=O)c1ccc(S(=O)(=O)N(C)Cc2ccccc2)cc1. The molecule has 3 aromatic carbocycles. The van der Waals surface area contributed by atoms with Gasteiger partial charge in [0, 0.05) is 24.0 Å². The zero-order valence-electron chi connectivity index (χ0n) is 20.4. The summed E-state index contributed by atoms with van der Waals surface area (Å²) >= 11 is 1.23. The number of amides is 1. The molecule has 37 heavy (non-hydrogen) atoms. The highest BCUT2D eigenvalue weighted by Crippen LogP contribution is 2.35. The van der Waals surface area contributed by atoms with Gasteiger partial charge in [0.15, 0.2) is 0 Å². The zero-order chi connectivity index (χ0) is 26.4. The van der Waals surface area contributed by atoms with Gasteiger partial charge in [-0.05, 0) is 48.4 Å². The van der Waals surface area contributed by atoms with Crippen molar-refractivity contribution < 1.29 is 22.7 Å². The molecule has 0 radical (unpaired) electrons. The van der Waals surface area contributed by atoms with Crippen molar-refractivity contribution in [2.75, 3.05) is 19.0 Å². The number of esters is 1. The fourth-order valence-corrected chi connectivity index (χ4v) is 5.83. The molecule has 0 atom stereocenters. The highest BCUT2D eigenvalue weighted by atomic mass is 32.2. The summed E-state index contributed by atoms with van der Waals surface area (Å²) in [5, 5.41) is 2.78. The third kappa shape index (κ3) is 6.14. The van der Waals surface area contributed by atoms with Crippen molar-refractivity contribution in [1.29, 1.82) is 0 Å². The number of carbonyl (C=O) groups excluding carboxylic acids is 2. The number of hydrogen-bond donors (Lipinski definition) is 1. The van der Waals surface area contributed by atoms with Gasteiger partial charge in [0.25, 0.3) is 5.91 Å². The highest BCUT2D eigenvalue weighted by molar-refractivity contribution is 7.89. The second kappa shape index (κ2) is 11.5. The number of carbonyl (C=O) groups is 2. The Morgan fingerprint density at radius 3 is 2.16 bits per heavy atom. The van der Waals surface area contributed by atoms with Gasteiger partial charge < -0.3 is 10.1 Å². The van der Waals surface area contributed by atoms with Gasteiger partial charge in [-0.1, -0.05) is 60.7 Å². The Bertz CT molecular complexity index is 1480. The van der Waals surface area contributed by atoms with Crippen LogP contribution in [-0.2, 0) is 21.3 Å². The van der Waals surface area contributed by atoms with E-state index in [1.165, 1.54) is 47.0 Å². The lowest BCUT2D eigenvalue weighted by Gasteiger charge is -2.17. The smallest absolute Gasteiger partial charge is 0.350 e. The van der Waals surface area contributed by atoms with Crippen LogP contribution >= 0.6 is 11.3 Å². The van der Waals surface area contributed by atoms with Crippen LogP contribution in [0.3, 0.4) is 0 Å². The normalized spacial score (nSPS) is 11.3. The maximum Gasteiger partial charge on any atom is 0.350 e. The van der Waals surface area contributed by atoms with Crippen molar-refractivity contribution in [2.45, 2.75) is 18.4 Å². The summed E-state index contributed by atoms with van der Waals surface area (Å²) < 4.78 is 32.4. The Morgan fingerprint density at radius 2 is 1.54 bits per heavy atom. The van der Waals surface area contributed by atoms with Crippen molar-refractivity contribution in [3.8, 4) is 10.4 Å². The predicted octanol–water partition coefficient (Wildman–Crippen LogP) is 5.66. The number of hydrogen-bond acceptors (Lipinski definition) is 6. The maximum absolute atomic E-state index is 13.0. The minimum Gasteiger partial charge on any atom is -0.462 e. The number of nitrogens with one attached hydrogen (secondary N) is 1. The van der Waals surface area contributed by atoms with Crippen LogP contribution in [0.2, 0.25) is 0 Å². The van der Waals surface area contributed by atoms with Crippen molar-refractivity contribution in [2.24, 2.45) is 0 Å². The number of thiophene rings is 1. The van der Waals surface area contributed by atoms with Crippen LogP contribution in [-0.4, -0.2) is 38.3 Å². The van der Waals surface area contributed by atoms with E-state index in [1.807, 2.05) is 60.7 Å². The average Bonchev–Trinajstić information content (AvgIpc) is 3.34. The number of benzene rings is 3. The van der Waals surface area contributed by atoms with Crippen molar-refractivity contribution >= 4 is 38.9 Å². The first-order chi connectivity index (χ1) is 17.8. The summed E-state index contributed by atoms with van der Waals surface area (Å²) in [5.74, 6) is -0.988. The number of rotatable bonds is 9. The molecular formula is C28H26N2O5S2. The predicted molar refractivity (Wildman–Crippen MR) is 145 cm³/mol. The highest BCUT2D eigenvalue weighted by Gasteiger charge is 2.23. The van der Waals surface area contributed by atoms with E-state index in [-0.39, 0.29) is 28.5 Å². The molecule has 4 rings (SSSR count). The van der Waals surface area contributed by atoms with Crippen molar-refractivity contribution in [3.05, 3.63) is 107 Å². The molecule has 0 spiro atoms. The van der Waals surface area contributed by atoms with Crippen LogP contribution in [0.15, 0.2) is 95.9 Å². The molecule has 0 unspecified atom stereocenters. The van der Waals surface area contributed by atoms with E-state index in [4.69, 9.17) is 4.74 Å². The lowest BCUT2D eigenvalue weighted by molar-refractivity contribution is 0.0533. The van der Waals surface area contributed by atoms with E-state index >= 15 is 0 Å². The average molecular weight is 535 g/mol. The number of sulfonamides is 1. The molecule has 0 fully saturated rings. The standard InChI is InChI=1S/C28H26N2O5S2/c1-3-35-28(32)26-24(18-25(36-26)21-12-8-5-9-13-21)29-27(31)22-14-16-23(17-15-22)37(33,34)30(2)19-20-10-6-4-7-11-20/h4-18H,3,19H2,1-2H3,(H,29,31). The molecule has 7 nitrogen and oxygen atoms in total. The minimum atomic E-state index is -3.75. The second-order valence-corrected chi connectivity index (χ2v) is 11.3. The van der Waals surface area contributed by atoms with Crippen LogP contribution in [0.1, 0.15) is 32.5 Å². The van der Waals surface area contributed by atoms with Crippen LogP contribution < -0.4 is 5.32 Å². The first kappa shape index (κ1) is 26.3. The molecular weight excluding hydrogens is 508 g/mol. The quantitative estimate of drug-likeness (QED) is 0.280. The van der Waals surface area contributed by atoms with Gasteiger partial charge in [0.05, 0.1) is 17.2 Å². The van der Waals surface area contributed by atoms with E-state index in [2.05, 4.69) is 5.32 Å².